The van der Waals surface area contributed by atoms with Crippen molar-refractivity contribution in [1.29, 1.82) is 0 Å². The highest BCUT2D eigenvalue weighted by molar-refractivity contribution is 7.90. The standard InChI is InChI=1S/C14H23N3O2S/c1-12(11-17-8-3-4-9-17)10-16-14-13(20(2,18)19)6-5-7-15-14/h5-7,12H,3-4,8-11H2,1-2H3,(H,15,16). The molecule has 2 heterocycles. The van der Waals surface area contributed by atoms with Crippen LogP contribution < -0.4 is 5.32 Å². The molecule has 6 heteroatoms. The number of hydrogen-bond donors (Lipinski definition) is 1. The molecule has 1 aromatic heterocycles. The van der Waals surface area contributed by atoms with E-state index in [-0.39, 0.29) is 4.90 Å². The summed E-state index contributed by atoms with van der Waals surface area (Å²) in [6.45, 7) is 6.32. The Labute approximate surface area is 121 Å². The van der Waals surface area contributed by atoms with Crippen LogP contribution in [-0.2, 0) is 9.84 Å². The van der Waals surface area contributed by atoms with Crippen LogP contribution in [0.4, 0.5) is 5.82 Å². The summed E-state index contributed by atoms with van der Waals surface area (Å²) in [6, 6.07) is 3.24. The fourth-order valence-corrected chi connectivity index (χ4v) is 3.37. The molecule has 1 aliphatic rings. The van der Waals surface area contributed by atoms with E-state index in [0.717, 1.165) is 13.1 Å². The van der Waals surface area contributed by atoms with Crippen molar-refractivity contribution in [1.82, 2.24) is 9.88 Å². The number of likely N-dealkylation sites (tertiary alicyclic amines) is 1. The van der Waals surface area contributed by atoms with Crippen LogP contribution in [0.1, 0.15) is 19.8 Å². The van der Waals surface area contributed by atoms with E-state index in [4.69, 9.17) is 0 Å². The first-order valence-electron chi connectivity index (χ1n) is 7.08. The highest BCUT2D eigenvalue weighted by Gasteiger charge is 2.17. The van der Waals surface area contributed by atoms with Crippen molar-refractivity contribution in [2.75, 3.05) is 37.8 Å². The summed E-state index contributed by atoms with van der Waals surface area (Å²) in [5.41, 5.74) is 0. The number of sulfone groups is 1. The molecule has 0 amide bonds. The molecule has 1 aromatic rings. The normalized spacial score (nSPS) is 18.1. The molecule has 0 aliphatic carbocycles. The molecule has 112 valence electrons. The van der Waals surface area contributed by atoms with E-state index in [0.29, 0.717) is 11.7 Å². The van der Waals surface area contributed by atoms with Crippen LogP contribution in [0.3, 0.4) is 0 Å². The number of hydrogen-bond acceptors (Lipinski definition) is 5. The summed E-state index contributed by atoms with van der Waals surface area (Å²) in [6.07, 6.45) is 5.40. The maximum absolute atomic E-state index is 11.7. The Bertz CT molecular complexity index is 539. The minimum Gasteiger partial charge on any atom is -0.369 e. The van der Waals surface area contributed by atoms with Gasteiger partial charge in [0, 0.05) is 25.5 Å². The molecule has 2 rings (SSSR count). The largest absolute Gasteiger partial charge is 0.369 e. The smallest absolute Gasteiger partial charge is 0.179 e. The molecule has 1 aliphatic heterocycles. The van der Waals surface area contributed by atoms with Gasteiger partial charge in [0.05, 0.1) is 0 Å². The number of nitrogens with zero attached hydrogens (tertiary/aromatic N) is 2. The molecule has 0 saturated carbocycles. The molecule has 1 atom stereocenters. The molecular formula is C14H23N3O2S. The fourth-order valence-electron chi connectivity index (χ4n) is 2.56. The average Bonchev–Trinajstić information content (AvgIpc) is 2.88. The predicted molar refractivity (Wildman–Crippen MR) is 80.7 cm³/mol. The Hall–Kier alpha value is -1.14. The van der Waals surface area contributed by atoms with Crippen molar-refractivity contribution in [3.63, 3.8) is 0 Å². The third-order valence-electron chi connectivity index (χ3n) is 3.56. The van der Waals surface area contributed by atoms with Crippen LogP contribution in [0.2, 0.25) is 0 Å². The minimum atomic E-state index is -3.24. The van der Waals surface area contributed by atoms with Crippen LogP contribution in [0.15, 0.2) is 23.2 Å². The zero-order valence-electron chi connectivity index (χ0n) is 12.2. The summed E-state index contributed by atoms with van der Waals surface area (Å²) in [7, 11) is -3.24. The van der Waals surface area contributed by atoms with Crippen molar-refractivity contribution in [3.8, 4) is 0 Å². The minimum absolute atomic E-state index is 0.272. The lowest BCUT2D eigenvalue weighted by molar-refractivity contribution is 0.294. The van der Waals surface area contributed by atoms with Gasteiger partial charge >= 0.3 is 0 Å². The monoisotopic (exact) mass is 297 g/mol. The zero-order chi connectivity index (χ0) is 14.6. The molecule has 0 bridgehead atoms. The molecule has 20 heavy (non-hydrogen) atoms. The SMILES string of the molecule is CC(CNc1ncccc1S(C)(=O)=O)CN1CCCC1. The van der Waals surface area contributed by atoms with Crippen molar-refractivity contribution in [3.05, 3.63) is 18.3 Å². The Morgan fingerprint density at radius 1 is 1.40 bits per heavy atom. The van der Waals surface area contributed by atoms with Gasteiger partial charge in [0.1, 0.15) is 10.7 Å². The van der Waals surface area contributed by atoms with E-state index < -0.39 is 9.84 Å². The molecule has 5 nitrogen and oxygen atoms in total. The third kappa shape index (κ3) is 4.18. The molecule has 0 aromatic carbocycles. The van der Waals surface area contributed by atoms with Crippen molar-refractivity contribution >= 4 is 15.7 Å². The lowest BCUT2D eigenvalue weighted by atomic mass is 10.1. The molecular weight excluding hydrogens is 274 g/mol. The molecule has 1 saturated heterocycles. The number of anilines is 1. The highest BCUT2D eigenvalue weighted by atomic mass is 32.2. The van der Waals surface area contributed by atoms with Gasteiger partial charge in [-0.25, -0.2) is 13.4 Å². The van der Waals surface area contributed by atoms with Crippen molar-refractivity contribution < 1.29 is 8.42 Å². The Balaban J connectivity index is 1.93. The topological polar surface area (TPSA) is 62.3 Å². The number of nitrogens with one attached hydrogen (secondary N) is 1. The Kier molecular flexibility index (Phi) is 4.99. The molecule has 0 spiro atoms. The van der Waals surface area contributed by atoms with E-state index in [1.165, 1.54) is 32.2 Å². The van der Waals surface area contributed by atoms with Gasteiger partial charge in [0.15, 0.2) is 9.84 Å². The molecule has 1 N–H and O–H groups in total. The van der Waals surface area contributed by atoms with E-state index in [1.54, 1.807) is 18.3 Å². The van der Waals surface area contributed by atoms with Crippen LogP contribution in [0, 0.1) is 5.92 Å². The van der Waals surface area contributed by atoms with Crippen molar-refractivity contribution in [2.24, 2.45) is 5.92 Å². The van der Waals surface area contributed by atoms with E-state index in [9.17, 15) is 8.42 Å². The van der Waals surface area contributed by atoms with Crippen LogP contribution in [0.25, 0.3) is 0 Å². The zero-order valence-corrected chi connectivity index (χ0v) is 13.0. The summed E-state index contributed by atoms with van der Waals surface area (Å²) < 4.78 is 23.4. The second kappa shape index (κ2) is 6.54. The van der Waals surface area contributed by atoms with Crippen LogP contribution in [-0.4, -0.2) is 50.7 Å². The van der Waals surface area contributed by atoms with E-state index in [2.05, 4.69) is 22.1 Å². The summed E-state index contributed by atoms with van der Waals surface area (Å²) in [4.78, 5) is 6.88. The van der Waals surface area contributed by atoms with Crippen LogP contribution in [0.5, 0.6) is 0 Å². The van der Waals surface area contributed by atoms with Gasteiger partial charge in [-0.05, 0) is 44.0 Å². The summed E-state index contributed by atoms with van der Waals surface area (Å²) >= 11 is 0. The number of aromatic nitrogens is 1. The maximum Gasteiger partial charge on any atom is 0.179 e. The maximum atomic E-state index is 11.7. The predicted octanol–water partition coefficient (Wildman–Crippen LogP) is 1.63. The lowest BCUT2D eigenvalue weighted by Gasteiger charge is -2.21. The Morgan fingerprint density at radius 3 is 2.75 bits per heavy atom. The van der Waals surface area contributed by atoms with Gasteiger partial charge < -0.3 is 10.2 Å². The molecule has 0 radical (unpaired) electrons. The van der Waals surface area contributed by atoms with Crippen molar-refractivity contribution in [2.45, 2.75) is 24.7 Å². The summed E-state index contributed by atoms with van der Waals surface area (Å²) in [5.74, 6) is 0.922. The first-order valence-corrected chi connectivity index (χ1v) is 8.97. The second-order valence-electron chi connectivity index (χ2n) is 5.62. The van der Waals surface area contributed by atoms with Gasteiger partial charge in [-0.1, -0.05) is 6.92 Å². The molecule has 1 fully saturated rings. The quantitative estimate of drug-likeness (QED) is 0.864. The Morgan fingerprint density at radius 2 is 2.10 bits per heavy atom. The third-order valence-corrected chi connectivity index (χ3v) is 4.69. The van der Waals surface area contributed by atoms with E-state index >= 15 is 0 Å². The lowest BCUT2D eigenvalue weighted by Crippen LogP contribution is -2.29. The number of pyridine rings is 1. The van der Waals surface area contributed by atoms with Gasteiger partial charge in [0.25, 0.3) is 0 Å². The molecule has 1 unspecified atom stereocenters. The second-order valence-corrected chi connectivity index (χ2v) is 7.60. The number of rotatable bonds is 6. The first kappa shape index (κ1) is 15.3. The average molecular weight is 297 g/mol. The first-order chi connectivity index (χ1) is 9.47. The van der Waals surface area contributed by atoms with E-state index in [1.807, 2.05) is 0 Å². The fraction of sp³-hybridized carbons (Fsp3) is 0.643. The van der Waals surface area contributed by atoms with Crippen LogP contribution >= 0.6 is 0 Å². The highest BCUT2D eigenvalue weighted by Crippen LogP contribution is 2.18. The van der Waals surface area contributed by atoms with Gasteiger partial charge in [-0.2, -0.15) is 0 Å². The van der Waals surface area contributed by atoms with Gasteiger partial charge in [-0.15, -0.1) is 0 Å². The van der Waals surface area contributed by atoms with Gasteiger partial charge in [-0.3, -0.25) is 0 Å². The van der Waals surface area contributed by atoms with Gasteiger partial charge in [0.2, 0.25) is 0 Å². The summed E-state index contributed by atoms with van der Waals surface area (Å²) in [5, 5.41) is 3.18.